The van der Waals surface area contributed by atoms with Crippen LogP contribution in [0.5, 0.6) is 0 Å². The maximum absolute atomic E-state index is 11.7. The van der Waals surface area contributed by atoms with E-state index >= 15 is 0 Å². The van der Waals surface area contributed by atoms with Crippen molar-refractivity contribution in [1.29, 1.82) is 0 Å². The lowest BCUT2D eigenvalue weighted by Gasteiger charge is -2.19. The normalized spacial score (nSPS) is 25.5. The molecule has 0 aromatic carbocycles. The van der Waals surface area contributed by atoms with Gasteiger partial charge >= 0.3 is 0 Å². The van der Waals surface area contributed by atoms with Crippen molar-refractivity contribution in [2.24, 2.45) is 0 Å². The third kappa shape index (κ3) is 1.92. The number of nitrogens with zero attached hydrogens (tertiary/aromatic N) is 1. The predicted molar refractivity (Wildman–Crippen MR) is 65.4 cm³/mol. The van der Waals surface area contributed by atoms with Crippen LogP contribution in [-0.2, 0) is 11.2 Å². The van der Waals surface area contributed by atoms with E-state index in [1.807, 2.05) is 11.8 Å². The largest absolute Gasteiger partial charge is 0.369 e. The summed E-state index contributed by atoms with van der Waals surface area (Å²) in [5.74, 6) is 2.31. The van der Waals surface area contributed by atoms with Gasteiger partial charge in [-0.3, -0.25) is 4.79 Å². The summed E-state index contributed by atoms with van der Waals surface area (Å²) in [6.45, 7) is 0.799. The third-order valence-electron chi connectivity index (χ3n) is 2.88. The summed E-state index contributed by atoms with van der Waals surface area (Å²) >= 11 is 3.45. The van der Waals surface area contributed by atoms with E-state index in [2.05, 4.69) is 4.98 Å². The maximum Gasteiger partial charge on any atom is 0.174 e. The second-order valence-electron chi connectivity index (χ2n) is 4.04. The molecule has 3 nitrogen and oxygen atoms in total. The molecule has 86 valence electrons. The molecular formula is C11H13NO2S2. The number of ether oxygens (including phenoxy) is 1. The first kappa shape index (κ1) is 10.7. The van der Waals surface area contributed by atoms with E-state index in [1.165, 1.54) is 0 Å². The van der Waals surface area contributed by atoms with Gasteiger partial charge in [-0.15, -0.1) is 11.3 Å². The topological polar surface area (TPSA) is 39.2 Å². The number of aryl methyl sites for hydroxylation is 1. The number of hydrogen-bond acceptors (Lipinski definition) is 5. The third-order valence-corrected chi connectivity index (χ3v) is 5.10. The SMILES string of the molecule is O=C1CCCc2nc(C3CSCCO3)sc21. The fourth-order valence-electron chi connectivity index (χ4n) is 2.06. The quantitative estimate of drug-likeness (QED) is 0.773. The standard InChI is InChI=1S/C11H13NO2S2/c13-8-3-1-2-7-10(8)16-11(12-7)9-6-15-5-4-14-9/h9H,1-6H2. The molecule has 1 aliphatic heterocycles. The fraction of sp³-hybridized carbons (Fsp3) is 0.636. The number of thioether (sulfide) groups is 1. The van der Waals surface area contributed by atoms with E-state index < -0.39 is 0 Å². The molecule has 1 fully saturated rings. The van der Waals surface area contributed by atoms with Crippen LogP contribution in [0.1, 0.15) is 39.3 Å². The van der Waals surface area contributed by atoms with Crippen LogP contribution in [0, 0.1) is 0 Å². The minimum absolute atomic E-state index is 0.113. The van der Waals surface area contributed by atoms with Crippen LogP contribution in [-0.4, -0.2) is 28.9 Å². The molecule has 0 bridgehead atoms. The second-order valence-corrected chi connectivity index (χ2v) is 6.22. The molecule has 1 aromatic heterocycles. The average Bonchev–Trinajstić information content (AvgIpc) is 2.76. The molecule has 16 heavy (non-hydrogen) atoms. The van der Waals surface area contributed by atoms with Crippen molar-refractivity contribution in [3.05, 3.63) is 15.6 Å². The molecule has 1 aromatic rings. The van der Waals surface area contributed by atoms with Gasteiger partial charge in [0.05, 0.1) is 17.2 Å². The number of carbonyl (C=O) groups excluding carboxylic acids is 1. The van der Waals surface area contributed by atoms with E-state index in [0.29, 0.717) is 6.42 Å². The Kier molecular flexibility index (Phi) is 3.00. The van der Waals surface area contributed by atoms with E-state index in [-0.39, 0.29) is 11.9 Å². The highest BCUT2D eigenvalue weighted by molar-refractivity contribution is 7.99. The van der Waals surface area contributed by atoms with Crippen LogP contribution in [0.3, 0.4) is 0 Å². The Labute approximate surface area is 103 Å². The second kappa shape index (κ2) is 4.47. The number of hydrogen-bond donors (Lipinski definition) is 0. The van der Waals surface area contributed by atoms with Crippen LogP contribution in [0.15, 0.2) is 0 Å². The summed E-state index contributed by atoms with van der Waals surface area (Å²) < 4.78 is 5.69. The Morgan fingerprint density at radius 1 is 1.38 bits per heavy atom. The molecule has 1 saturated heterocycles. The zero-order valence-electron chi connectivity index (χ0n) is 8.90. The minimum Gasteiger partial charge on any atom is -0.369 e. The Bertz CT molecular complexity index is 410. The first-order valence-corrected chi connectivity index (χ1v) is 7.54. The lowest BCUT2D eigenvalue weighted by atomic mass is 10.0. The predicted octanol–water partition coefficient (Wildman–Crippen LogP) is 2.47. The molecule has 0 N–H and O–H groups in total. The van der Waals surface area contributed by atoms with Crippen molar-refractivity contribution in [3.63, 3.8) is 0 Å². The van der Waals surface area contributed by atoms with E-state index in [0.717, 1.165) is 46.5 Å². The number of carbonyl (C=O) groups is 1. The molecular weight excluding hydrogens is 242 g/mol. The van der Waals surface area contributed by atoms with Gasteiger partial charge in [-0.2, -0.15) is 11.8 Å². The minimum atomic E-state index is 0.113. The van der Waals surface area contributed by atoms with Gasteiger partial charge in [0.1, 0.15) is 11.1 Å². The lowest BCUT2D eigenvalue weighted by molar-refractivity contribution is 0.0754. The van der Waals surface area contributed by atoms with Gasteiger partial charge in [0.25, 0.3) is 0 Å². The first-order chi connectivity index (χ1) is 7.84. The summed E-state index contributed by atoms with van der Waals surface area (Å²) in [5.41, 5.74) is 1.01. The zero-order valence-corrected chi connectivity index (χ0v) is 10.5. The number of ketones is 1. The van der Waals surface area contributed by atoms with Crippen molar-refractivity contribution >= 4 is 28.9 Å². The van der Waals surface area contributed by atoms with E-state index in [1.54, 1.807) is 11.3 Å². The van der Waals surface area contributed by atoms with Gasteiger partial charge < -0.3 is 4.74 Å². The Balaban J connectivity index is 1.88. The van der Waals surface area contributed by atoms with Crippen molar-refractivity contribution in [3.8, 4) is 0 Å². The molecule has 5 heteroatoms. The van der Waals surface area contributed by atoms with Crippen LogP contribution in [0.2, 0.25) is 0 Å². The van der Waals surface area contributed by atoms with Gasteiger partial charge in [0.15, 0.2) is 5.78 Å². The number of aromatic nitrogens is 1. The van der Waals surface area contributed by atoms with E-state index in [9.17, 15) is 4.79 Å². The molecule has 0 spiro atoms. The number of rotatable bonds is 1. The van der Waals surface area contributed by atoms with Crippen LogP contribution in [0.4, 0.5) is 0 Å². The molecule has 3 rings (SSSR count). The van der Waals surface area contributed by atoms with Gasteiger partial charge in [0.2, 0.25) is 0 Å². The van der Waals surface area contributed by atoms with Crippen molar-refractivity contribution < 1.29 is 9.53 Å². The average molecular weight is 255 g/mol. The molecule has 2 aliphatic rings. The van der Waals surface area contributed by atoms with Crippen LogP contribution >= 0.6 is 23.1 Å². The van der Waals surface area contributed by atoms with Crippen molar-refractivity contribution in [2.45, 2.75) is 25.4 Å². The Morgan fingerprint density at radius 3 is 3.06 bits per heavy atom. The highest BCUT2D eigenvalue weighted by Gasteiger charge is 2.26. The first-order valence-electron chi connectivity index (χ1n) is 5.57. The smallest absolute Gasteiger partial charge is 0.174 e. The highest BCUT2D eigenvalue weighted by atomic mass is 32.2. The van der Waals surface area contributed by atoms with E-state index in [4.69, 9.17) is 4.74 Å². The number of thiazole rings is 1. The Hall–Kier alpha value is -0.390. The summed E-state index contributed by atoms with van der Waals surface area (Å²) in [4.78, 5) is 17.2. The van der Waals surface area contributed by atoms with Gasteiger partial charge in [-0.25, -0.2) is 4.98 Å². The molecule has 0 radical (unpaired) electrons. The Morgan fingerprint density at radius 2 is 2.31 bits per heavy atom. The van der Waals surface area contributed by atoms with Crippen molar-refractivity contribution in [2.75, 3.05) is 18.1 Å². The molecule has 2 heterocycles. The van der Waals surface area contributed by atoms with Gasteiger partial charge in [0, 0.05) is 17.9 Å². The highest BCUT2D eigenvalue weighted by Crippen LogP contribution is 2.34. The molecule has 1 aliphatic carbocycles. The fourth-order valence-corrected chi connectivity index (χ4v) is 4.14. The zero-order chi connectivity index (χ0) is 11.0. The maximum atomic E-state index is 11.7. The van der Waals surface area contributed by atoms with Crippen LogP contribution < -0.4 is 0 Å². The van der Waals surface area contributed by atoms with Crippen molar-refractivity contribution in [1.82, 2.24) is 4.98 Å². The molecule has 0 amide bonds. The molecule has 1 atom stereocenters. The number of fused-ring (bicyclic) bond motifs is 1. The molecule has 1 unspecified atom stereocenters. The number of Topliss-reactive ketones (excluding diaryl/α,β-unsaturated/α-hetero) is 1. The van der Waals surface area contributed by atoms with Gasteiger partial charge in [-0.05, 0) is 12.8 Å². The summed E-state index contributed by atoms with van der Waals surface area (Å²) in [7, 11) is 0. The lowest BCUT2D eigenvalue weighted by Crippen LogP contribution is -2.15. The summed E-state index contributed by atoms with van der Waals surface area (Å²) in [5, 5.41) is 1.01. The summed E-state index contributed by atoms with van der Waals surface area (Å²) in [6.07, 6.45) is 2.71. The summed E-state index contributed by atoms with van der Waals surface area (Å²) in [6, 6.07) is 0. The van der Waals surface area contributed by atoms with Crippen LogP contribution in [0.25, 0.3) is 0 Å². The monoisotopic (exact) mass is 255 g/mol. The molecule has 0 saturated carbocycles. The van der Waals surface area contributed by atoms with Gasteiger partial charge in [-0.1, -0.05) is 0 Å².